The molecule has 0 saturated carbocycles. The molecule has 4 rings (SSSR count). The van der Waals surface area contributed by atoms with Crippen LogP contribution >= 0.6 is 0 Å². The van der Waals surface area contributed by atoms with Gasteiger partial charge in [-0.25, -0.2) is 5.43 Å². The van der Waals surface area contributed by atoms with Crippen molar-refractivity contribution in [1.29, 1.82) is 0 Å². The number of rotatable bonds is 5. The maximum atomic E-state index is 12.3. The van der Waals surface area contributed by atoms with E-state index >= 15 is 0 Å². The van der Waals surface area contributed by atoms with Crippen LogP contribution < -0.4 is 5.43 Å². The summed E-state index contributed by atoms with van der Waals surface area (Å²) in [6.07, 6.45) is 5.20. The molecular formula is C19H18N4O3. The largest absolute Gasteiger partial charge is 0.467 e. The summed E-state index contributed by atoms with van der Waals surface area (Å²) in [4.78, 5) is 29.2. The van der Waals surface area contributed by atoms with Crippen molar-refractivity contribution in [3.05, 3.63) is 60.2 Å². The Morgan fingerprint density at radius 2 is 2.23 bits per heavy atom. The number of amides is 2. The number of carbonyl (C=O) groups excluding carboxylic acids is 2. The minimum atomic E-state index is -0.405. The van der Waals surface area contributed by atoms with Crippen LogP contribution in [0, 0.1) is 5.92 Å². The standard InChI is InChI=1S/C19H18N4O3/c24-18-8-13(11-23(18)12-15-4-3-7-26-15)19(25)22-21-10-14-9-20-17-6-2-1-5-16(14)17/h1-7,9-10,13,20H,8,11-12H2,(H,22,25)/b21-10+. The molecule has 0 radical (unpaired) electrons. The van der Waals surface area contributed by atoms with E-state index in [1.165, 1.54) is 0 Å². The fourth-order valence-corrected chi connectivity index (χ4v) is 3.15. The van der Waals surface area contributed by atoms with Gasteiger partial charge in [0.2, 0.25) is 11.8 Å². The first-order valence-electron chi connectivity index (χ1n) is 8.40. The van der Waals surface area contributed by atoms with Crippen LogP contribution in [-0.2, 0) is 16.1 Å². The molecule has 7 nitrogen and oxygen atoms in total. The second-order valence-corrected chi connectivity index (χ2v) is 6.28. The van der Waals surface area contributed by atoms with Crippen molar-refractivity contribution in [2.75, 3.05) is 6.54 Å². The Bertz CT molecular complexity index is 958. The molecule has 1 aliphatic rings. The van der Waals surface area contributed by atoms with Gasteiger partial charge in [-0.2, -0.15) is 5.10 Å². The van der Waals surface area contributed by atoms with Crippen molar-refractivity contribution < 1.29 is 14.0 Å². The lowest BCUT2D eigenvalue weighted by atomic mass is 10.1. The molecule has 3 heterocycles. The topological polar surface area (TPSA) is 90.7 Å². The van der Waals surface area contributed by atoms with Gasteiger partial charge < -0.3 is 14.3 Å². The number of para-hydroxylation sites is 1. The van der Waals surface area contributed by atoms with Crippen LogP contribution in [0.3, 0.4) is 0 Å². The van der Waals surface area contributed by atoms with Gasteiger partial charge in [-0.15, -0.1) is 0 Å². The van der Waals surface area contributed by atoms with Gasteiger partial charge in [0, 0.05) is 35.6 Å². The van der Waals surface area contributed by atoms with Crippen molar-refractivity contribution in [2.24, 2.45) is 11.0 Å². The zero-order valence-corrected chi connectivity index (χ0v) is 14.0. The van der Waals surface area contributed by atoms with Crippen molar-refractivity contribution in [3.63, 3.8) is 0 Å². The number of H-pyrrole nitrogens is 1. The number of benzene rings is 1. The minimum Gasteiger partial charge on any atom is -0.467 e. The molecule has 1 unspecified atom stereocenters. The van der Waals surface area contributed by atoms with Crippen LogP contribution in [0.25, 0.3) is 10.9 Å². The lowest BCUT2D eigenvalue weighted by molar-refractivity contribution is -0.129. The maximum absolute atomic E-state index is 12.3. The molecule has 1 aromatic carbocycles. The third-order valence-corrected chi connectivity index (χ3v) is 4.51. The van der Waals surface area contributed by atoms with Crippen molar-refractivity contribution >= 4 is 28.9 Å². The van der Waals surface area contributed by atoms with Crippen LogP contribution in [0.2, 0.25) is 0 Å². The number of aromatic amines is 1. The molecular weight excluding hydrogens is 332 g/mol. The molecule has 3 aromatic rings. The van der Waals surface area contributed by atoms with Gasteiger partial charge in [0.1, 0.15) is 5.76 Å². The lowest BCUT2D eigenvalue weighted by Crippen LogP contribution is -2.30. The monoisotopic (exact) mass is 350 g/mol. The second kappa shape index (κ2) is 6.87. The van der Waals surface area contributed by atoms with Gasteiger partial charge in [0.25, 0.3) is 0 Å². The summed E-state index contributed by atoms with van der Waals surface area (Å²) in [6, 6.07) is 11.4. The first-order chi connectivity index (χ1) is 12.7. The Morgan fingerprint density at radius 3 is 3.08 bits per heavy atom. The van der Waals surface area contributed by atoms with Gasteiger partial charge in [-0.3, -0.25) is 9.59 Å². The van der Waals surface area contributed by atoms with Crippen LogP contribution in [0.5, 0.6) is 0 Å². The number of hydrogen-bond donors (Lipinski definition) is 2. The maximum Gasteiger partial charge on any atom is 0.245 e. The summed E-state index contributed by atoms with van der Waals surface area (Å²) in [7, 11) is 0. The van der Waals surface area contributed by atoms with Gasteiger partial charge in [-0.1, -0.05) is 18.2 Å². The molecule has 0 spiro atoms. The van der Waals surface area contributed by atoms with Gasteiger partial charge in [0.05, 0.1) is 24.9 Å². The Kier molecular flexibility index (Phi) is 4.27. The summed E-state index contributed by atoms with van der Waals surface area (Å²) in [5.74, 6) is -0.00658. The Labute approximate surface area is 149 Å². The van der Waals surface area contributed by atoms with Crippen molar-refractivity contribution in [2.45, 2.75) is 13.0 Å². The molecule has 7 heteroatoms. The summed E-state index contributed by atoms with van der Waals surface area (Å²) in [5.41, 5.74) is 4.44. The van der Waals surface area contributed by atoms with E-state index in [4.69, 9.17) is 4.42 Å². The average Bonchev–Trinajstić information content (AvgIpc) is 3.37. The zero-order chi connectivity index (χ0) is 17.9. The van der Waals surface area contributed by atoms with E-state index in [1.807, 2.05) is 36.5 Å². The average molecular weight is 350 g/mol. The molecule has 132 valence electrons. The molecule has 1 aliphatic heterocycles. The predicted octanol–water partition coefficient (Wildman–Crippen LogP) is 2.26. The number of aromatic nitrogens is 1. The van der Waals surface area contributed by atoms with Crippen molar-refractivity contribution in [1.82, 2.24) is 15.3 Å². The van der Waals surface area contributed by atoms with Crippen LogP contribution in [-0.4, -0.2) is 34.5 Å². The number of hydrazone groups is 1. The minimum absolute atomic E-state index is 0.0536. The summed E-state index contributed by atoms with van der Waals surface area (Å²) in [6.45, 7) is 0.752. The van der Waals surface area contributed by atoms with E-state index in [1.54, 1.807) is 23.4 Å². The quantitative estimate of drug-likeness (QED) is 0.546. The molecule has 26 heavy (non-hydrogen) atoms. The molecule has 2 N–H and O–H groups in total. The molecule has 1 atom stereocenters. The van der Waals surface area contributed by atoms with Gasteiger partial charge >= 0.3 is 0 Å². The van der Waals surface area contributed by atoms with E-state index < -0.39 is 5.92 Å². The Balaban J connectivity index is 1.35. The Morgan fingerprint density at radius 1 is 1.35 bits per heavy atom. The first-order valence-corrected chi connectivity index (χ1v) is 8.40. The second-order valence-electron chi connectivity index (χ2n) is 6.28. The number of nitrogens with one attached hydrogen (secondary N) is 2. The normalized spacial score (nSPS) is 17.5. The first kappa shape index (κ1) is 16.1. The number of carbonyl (C=O) groups is 2. The molecule has 1 saturated heterocycles. The summed E-state index contributed by atoms with van der Waals surface area (Å²) >= 11 is 0. The van der Waals surface area contributed by atoms with Gasteiger partial charge in [-0.05, 0) is 18.2 Å². The van der Waals surface area contributed by atoms with E-state index in [-0.39, 0.29) is 18.2 Å². The van der Waals surface area contributed by atoms with Crippen molar-refractivity contribution in [3.8, 4) is 0 Å². The third kappa shape index (κ3) is 3.23. The zero-order valence-electron chi connectivity index (χ0n) is 14.0. The van der Waals surface area contributed by atoms with E-state index in [0.29, 0.717) is 18.8 Å². The third-order valence-electron chi connectivity index (χ3n) is 4.51. The van der Waals surface area contributed by atoms with E-state index in [9.17, 15) is 9.59 Å². The summed E-state index contributed by atoms with van der Waals surface area (Å²) < 4.78 is 5.26. The lowest BCUT2D eigenvalue weighted by Gasteiger charge is -2.14. The number of furan rings is 1. The number of hydrogen-bond acceptors (Lipinski definition) is 4. The highest BCUT2D eigenvalue weighted by molar-refractivity contribution is 5.99. The van der Waals surface area contributed by atoms with Crippen LogP contribution in [0.4, 0.5) is 0 Å². The number of nitrogens with zero attached hydrogens (tertiary/aromatic N) is 2. The van der Waals surface area contributed by atoms with Crippen LogP contribution in [0.15, 0.2) is 58.4 Å². The summed E-state index contributed by atoms with van der Waals surface area (Å²) in [5, 5.41) is 5.07. The molecule has 1 fully saturated rings. The Hall–Kier alpha value is -3.35. The SMILES string of the molecule is O=C(N/N=C/c1c[nH]c2ccccc12)C1CC(=O)N(Cc2ccco2)C1. The van der Waals surface area contributed by atoms with Crippen LogP contribution in [0.1, 0.15) is 17.7 Å². The highest BCUT2D eigenvalue weighted by atomic mass is 16.3. The number of fused-ring (bicyclic) bond motifs is 1. The smallest absolute Gasteiger partial charge is 0.245 e. The van der Waals surface area contributed by atoms with E-state index in [2.05, 4.69) is 15.5 Å². The predicted molar refractivity (Wildman–Crippen MR) is 96.3 cm³/mol. The fraction of sp³-hybridized carbons (Fsp3) is 0.211. The highest BCUT2D eigenvalue weighted by Crippen LogP contribution is 2.20. The molecule has 0 aliphatic carbocycles. The molecule has 2 amide bonds. The highest BCUT2D eigenvalue weighted by Gasteiger charge is 2.34. The fourth-order valence-electron chi connectivity index (χ4n) is 3.15. The van der Waals surface area contributed by atoms with E-state index in [0.717, 1.165) is 16.5 Å². The van der Waals surface area contributed by atoms with Gasteiger partial charge in [0.15, 0.2) is 0 Å². The molecule has 2 aromatic heterocycles. The molecule has 0 bridgehead atoms. The number of likely N-dealkylation sites (tertiary alicyclic amines) is 1.